The van der Waals surface area contributed by atoms with E-state index in [0.29, 0.717) is 11.3 Å². The molecular formula is C19H16F3N3O2. The van der Waals surface area contributed by atoms with E-state index in [1.54, 1.807) is 6.92 Å². The van der Waals surface area contributed by atoms with E-state index in [-0.39, 0.29) is 5.39 Å². The third kappa shape index (κ3) is 3.51. The summed E-state index contributed by atoms with van der Waals surface area (Å²) in [4.78, 5) is 28.1. The van der Waals surface area contributed by atoms with Crippen LogP contribution in [0, 0.1) is 17.5 Å². The van der Waals surface area contributed by atoms with Crippen LogP contribution in [0.4, 0.5) is 23.7 Å². The number of nitrogens with zero attached hydrogens (tertiary/aromatic N) is 1. The summed E-state index contributed by atoms with van der Waals surface area (Å²) in [5, 5.41) is 2.43. The quantitative estimate of drug-likeness (QED) is 0.722. The zero-order valence-electron chi connectivity index (χ0n) is 14.5. The lowest BCUT2D eigenvalue weighted by atomic mass is 10.0. The van der Waals surface area contributed by atoms with Gasteiger partial charge in [-0.1, -0.05) is 6.07 Å². The molecule has 0 saturated heterocycles. The molecule has 5 nitrogen and oxygen atoms in total. The second-order valence-electron chi connectivity index (χ2n) is 6.08. The third-order valence-electron chi connectivity index (χ3n) is 4.44. The second-order valence-corrected chi connectivity index (χ2v) is 6.08. The van der Waals surface area contributed by atoms with Crippen molar-refractivity contribution in [2.45, 2.75) is 13.0 Å². The first-order valence-corrected chi connectivity index (χ1v) is 8.08. The van der Waals surface area contributed by atoms with Crippen molar-refractivity contribution in [1.82, 2.24) is 9.88 Å². The van der Waals surface area contributed by atoms with Crippen molar-refractivity contribution in [2.24, 2.45) is 0 Å². The first-order chi connectivity index (χ1) is 12.8. The van der Waals surface area contributed by atoms with Gasteiger partial charge in [-0.05, 0) is 48.2 Å². The van der Waals surface area contributed by atoms with E-state index in [4.69, 9.17) is 0 Å². The molecule has 140 valence electrons. The average Bonchev–Trinajstić information content (AvgIpc) is 2.65. The topological polar surface area (TPSA) is 65.2 Å². The summed E-state index contributed by atoms with van der Waals surface area (Å²) in [5.41, 5.74) is 0.0940. The van der Waals surface area contributed by atoms with Crippen LogP contribution in [-0.4, -0.2) is 23.0 Å². The zero-order valence-corrected chi connectivity index (χ0v) is 14.5. The number of carbonyl (C=O) groups is 1. The number of amides is 2. The number of benzene rings is 2. The highest BCUT2D eigenvalue weighted by Gasteiger charge is 2.22. The molecule has 1 heterocycles. The molecule has 3 aromatic rings. The van der Waals surface area contributed by atoms with Gasteiger partial charge in [-0.2, -0.15) is 0 Å². The molecule has 0 unspecified atom stereocenters. The lowest BCUT2D eigenvalue weighted by Crippen LogP contribution is -2.34. The van der Waals surface area contributed by atoms with E-state index in [9.17, 15) is 22.8 Å². The summed E-state index contributed by atoms with van der Waals surface area (Å²) < 4.78 is 40.5. The number of urea groups is 1. The Labute approximate surface area is 152 Å². The molecule has 2 aromatic carbocycles. The van der Waals surface area contributed by atoms with Crippen LogP contribution in [0.2, 0.25) is 0 Å². The van der Waals surface area contributed by atoms with Crippen LogP contribution in [-0.2, 0) is 0 Å². The molecule has 3 rings (SSSR count). The fraction of sp³-hybridized carbons (Fsp3) is 0.158. The van der Waals surface area contributed by atoms with Gasteiger partial charge in [-0.25, -0.2) is 18.0 Å². The Bertz CT molecular complexity index is 1060. The number of anilines is 1. The van der Waals surface area contributed by atoms with E-state index in [1.165, 1.54) is 48.5 Å². The van der Waals surface area contributed by atoms with Crippen molar-refractivity contribution in [3.05, 3.63) is 76.0 Å². The van der Waals surface area contributed by atoms with Crippen molar-refractivity contribution in [3.8, 4) is 0 Å². The predicted molar refractivity (Wildman–Crippen MR) is 96.1 cm³/mol. The van der Waals surface area contributed by atoms with Crippen LogP contribution in [0.3, 0.4) is 0 Å². The van der Waals surface area contributed by atoms with Gasteiger partial charge in [0.25, 0.3) is 5.56 Å². The Kier molecular flexibility index (Phi) is 4.89. The van der Waals surface area contributed by atoms with Gasteiger partial charge < -0.3 is 15.2 Å². The van der Waals surface area contributed by atoms with Gasteiger partial charge in [-0.15, -0.1) is 0 Å². The van der Waals surface area contributed by atoms with Crippen LogP contribution in [0.25, 0.3) is 10.8 Å². The fourth-order valence-electron chi connectivity index (χ4n) is 2.78. The minimum atomic E-state index is -1.23. The van der Waals surface area contributed by atoms with Gasteiger partial charge in [0.15, 0.2) is 11.6 Å². The number of hydrogen-bond donors (Lipinski definition) is 2. The Balaban J connectivity index is 1.93. The Morgan fingerprint density at radius 2 is 1.78 bits per heavy atom. The summed E-state index contributed by atoms with van der Waals surface area (Å²) in [6.45, 7) is 1.68. The summed E-state index contributed by atoms with van der Waals surface area (Å²) in [7, 11) is 1.51. The predicted octanol–water partition coefficient (Wildman–Crippen LogP) is 4.17. The SMILES string of the molecule is C[C@@H](c1c[nH]c(=O)c2c(F)c(F)ccc12)N(C)C(=O)Nc1ccc(F)cc1. The monoisotopic (exact) mass is 375 g/mol. The number of fused-ring (bicyclic) bond motifs is 1. The van der Waals surface area contributed by atoms with E-state index < -0.39 is 40.5 Å². The van der Waals surface area contributed by atoms with E-state index in [1.807, 2.05) is 0 Å². The molecule has 0 aliphatic rings. The maximum absolute atomic E-state index is 14.1. The number of aromatic nitrogens is 1. The smallest absolute Gasteiger partial charge is 0.322 e. The average molecular weight is 375 g/mol. The summed E-state index contributed by atoms with van der Waals surface area (Å²) >= 11 is 0. The summed E-state index contributed by atoms with van der Waals surface area (Å²) in [6.07, 6.45) is 1.37. The van der Waals surface area contributed by atoms with Crippen molar-refractivity contribution in [3.63, 3.8) is 0 Å². The normalized spacial score (nSPS) is 12.0. The van der Waals surface area contributed by atoms with E-state index in [2.05, 4.69) is 10.3 Å². The second kappa shape index (κ2) is 7.14. The number of rotatable bonds is 3. The van der Waals surface area contributed by atoms with Gasteiger partial charge in [0.1, 0.15) is 5.82 Å². The van der Waals surface area contributed by atoms with Gasteiger partial charge in [0, 0.05) is 18.9 Å². The maximum atomic E-state index is 14.1. The van der Waals surface area contributed by atoms with Crippen LogP contribution in [0.5, 0.6) is 0 Å². The number of halogens is 3. The van der Waals surface area contributed by atoms with E-state index in [0.717, 1.165) is 6.07 Å². The molecule has 27 heavy (non-hydrogen) atoms. The Morgan fingerprint density at radius 1 is 1.11 bits per heavy atom. The van der Waals surface area contributed by atoms with Gasteiger partial charge in [0.2, 0.25) is 0 Å². The molecule has 0 saturated carbocycles. The molecule has 0 aliphatic heterocycles. The first-order valence-electron chi connectivity index (χ1n) is 8.08. The molecule has 0 radical (unpaired) electrons. The number of carbonyl (C=O) groups excluding carboxylic acids is 1. The molecule has 1 aromatic heterocycles. The van der Waals surface area contributed by atoms with Gasteiger partial charge in [0.05, 0.1) is 11.4 Å². The van der Waals surface area contributed by atoms with Crippen molar-refractivity contribution >= 4 is 22.5 Å². The molecular weight excluding hydrogens is 359 g/mol. The van der Waals surface area contributed by atoms with Gasteiger partial charge >= 0.3 is 6.03 Å². The van der Waals surface area contributed by atoms with E-state index >= 15 is 0 Å². The maximum Gasteiger partial charge on any atom is 0.322 e. The third-order valence-corrected chi connectivity index (χ3v) is 4.44. The molecule has 1 atom stereocenters. The lowest BCUT2D eigenvalue weighted by molar-refractivity contribution is 0.208. The van der Waals surface area contributed by atoms with Crippen molar-refractivity contribution in [2.75, 3.05) is 12.4 Å². The Hall–Kier alpha value is -3.29. The molecule has 8 heteroatoms. The van der Waals surface area contributed by atoms with Crippen molar-refractivity contribution in [1.29, 1.82) is 0 Å². The highest BCUT2D eigenvalue weighted by Crippen LogP contribution is 2.27. The highest BCUT2D eigenvalue weighted by molar-refractivity contribution is 5.90. The van der Waals surface area contributed by atoms with Crippen molar-refractivity contribution < 1.29 is 18.0 Å². The molecule has 0 bridgehead atoms. The number of pyridine rings is 1. The standard InChI is InChI=1S/C19H16F3N3O2/c1-10(25(2)19(27)24-12-5-3-11(20)4-6-12)14-9-23-18(26)16-13(14)7-8-15(21)17(16)22/h3-10H,1-2H3,(H,23,26)(H,24,27)/t10-/m0/s1. The lowest BCUT2D eigenvalue weighted by Gasteiger charge is -2.26. The summed E-state index contributed by atoms with van der Waals surface area (Å²) in [6, 6.07) is 6.44. The fourth-order valence-corrected chi connectivity index (χ4v) is 2.78. The molecule has 2 amide bonds. The van der Waals surface area contributed by atoms with Crippen LogP contribution in [0.1, 0.15) is 18.5 Å². The molecule has 2 N–H and O–H groups in total. The largest absolute Gasteiger partial charge is 0.328 e. The highest BCUT2D eigenvalue weighted by atomic mass is 19.2. The van der Waals surface area contributed by atoms with Gasteiger partial charge in [-0.3, -0.25) is 4.79 Å². The number of hydrogen-bond acceptors (Lipinski definition) is 2. The molecule has 0 aliphatic carbocycles. The number of H-pyrrole nitrogens is 1. The van der Waals surface area contributed by atoms with Crippen LogP contribution >= 0.6 is 0 Å². The zero-order chi connectivity index (χ0) is 19.7. The number of nitrogens with one attached hydrogen (secondary N) is 2. The first kappa shape index (κ1) is 18.5. The van der Waals surface area contributed by atoms with Crippen LogP contribution < -0.4 is 10.9 Å². The minimum absolute atomic E-state index is 0.214. The number of aromatic amines is 1. The Morgan fingerprint density at radius 3 is 2.44 bits per heavy atom. The van der Waals surface area contributed by atoms with Crippen LogP contribution in [0.15, 0.2) is 47.4 Å². The minimum Gasteiger partial charge on any atom is -0.328 e. The molecule has 0 spiro atoms. The summed E-state index contributed by atoms with van der Waals surface area (Å²) in [5.74, 6) is -2.79. The molecule has 0 fully saturated rings.